The summed E-state index contributed by atoms with van der Waals surface area (Å²) >= 11 is 0. The molecule has 1 amide bonds. The summed E-state index contributed by atoms with van der Waals surface area (Å²) in [5, 5.41) is 0.271. The molecule has 0 radical (unpaired) electrons. The molecule has 9 nitrogen and oxygen atoms in total. The number of nitrogens with zero attached hydrogens (tertiary/aromatic N) is 3. The van der Waals surface area contributed by atoms with Gasteiger partial charge in [-0.25, -0.2) is 14.8 Å². The molecular formula is C26H28F3N3O6. The lowest BCUT2D eigenvalue weighted by atomic mass is 10.1. The van der Waals surface area contributed by atoms with Crippen molar-refractivity contribution in [3.05, 3.63) is 41.4 Å². The molecule has 1 aliphatic heterocycles. The lowest BCUT2D eigenvalue weighted by Crippen LogP contribution is -2.47. The Labute approximate surface area is 216 Å². The van der Waals surface area contributed by atoms with E-state index in [4.69, 9.17) is 18.6 Å². The van der Waals surface area contributed by atoms with Crippen molar-refractivity contribution in [1.82, 2.24) is 14.9 Å². The number of Topliss-reactive ketones (excluding diaryl/α,β-unsaturated/α-hetero) is 1. The zero-order valence-electron chi connectivity index (χ0n) is 22.0. The van der Waals surface area contributed by atoms with Crippen molar-refractivity contribution >= 4 is 22.8 Å². The van der Waals surface area contributed by atoms with Crippen molar-refractivity contribution in [2.24, 2.45) is 0 Å². The average Bonchev–Trinajstić information content (AvgIpc) is 3.36. The van der Waals surface area contributed by atoms with Crippen molar-refractivity contribution in [2.45, 2.75) is 65.1 Å². The highest BCUT2D eigenvalue weighted by Gasteiger charge is 2.49. The first-order valence-corrected chi connectivity index (χ1v) is 11.8. The molecule has 2 aromatic heterocycles. The standard InChI is InChI=1S/C26H28F3N3O6/c1-13(33)19-21(16-12-36-25(5,6)32(16)23(34)38-24(2,3)4)37-22(31-19)15-8-10-17(35-7)20-14(15)9-11-18(30-20)26(27,28)29/h8-11,16H,12H2,1-7H3/t16-/m0/s1. The molecule has 0 spiro atoms. The van der Waals surface area contributed by atoms with Gasteiger partial charge in [0, 0.05) is 17.9 Å². The van der Waals surface area contributed by atoms with Gasteiger partial charge in [0.2, 0.25) is 5.89 Å². The lowest BCUT2D eigenvalue weighted by molar-refractivity contribution is -0.141. The van der Waals surface area contributed by atoms with Gasteiger partial charge in [-0.2, -0.15) is 13.2 Å². The second-order valence-corrected chi connectivity index (χ2v) is 10.3. The highest BCUT2D eigenvalue weighted by molar-refractivity contribution is 5.98. The van der Waals surface area contributed by atoms with Crippen LogP contribution >= 0.6 is 0 Å². The van der Waals surface area contributed by atoms with E-state index in [1.165, 1.54) is 31.1 Å². The van der Waals surface area contributed by atoms with Crippen LogP contribution in [0.25, 0.3) is 22.4 Å². The lowest BCUT2D eigenvalue weighted by Gasteiger charge is -2.34. The number of rotatable bonds is 4. The van der Waals surface area contributed by atoms with Gasteiger partial charge in [0.15, 0.2) is 17.2 Å². The van der Waals surface area contributed by atoms with Crippen LogP contribution in [0.1, 0.15) is 69.5 Å². The number of pyridine rings is 1. The van der Waals surface area contributed by atoms with E-state index in [0.717, 1.165) is 6.07 Å². The zero-order valence-corrected chi connectivity index (χ0v) is 22.0. The van der Waals surface area contributed by atoms with Gasteiger partial charge in [0.1, 0.15) is 34.3 Å². The average molecular weight is 536 g/mol. The second-order valence-electron chi connectivity index (χ2n) is 10.3. The van der Waals surface area contributed by atoms with Crippen molar-refractivity contribution in [3.8, 4) is 17.2 Å². The van der Waals surface area contributed by atoms with Gasteiger partial charge in [-0.05, 0) is 58.9 Å². The first-order chi connectivity index (χ1) is 17.5. The Morgan fingerprint density at radius 3 is 2.37 bits per heavy atom. The second kappa shape index (κ2) is 9.26. The number of carbonyl (C=O) groups is 2. The van der Waals surface area contributed by atoms with E-state index in [0.29, 0.717) is 0 Å². The Bertz CT molecular complexity index is 1410. The van der Waals surface area contributed by atoms with Gasteiger partial charge >= 0.3 is 12.3 Å². The van der Waals surface area contributed by atoms with Gasteiger partial charge in [-0.1, -0.05) is 0 Å². The molecule has 3 aromatic rings. The zero-order chi connectivity index (χ0) is 28.2. The SMILES string of the molecule is COc1ccc(-c2nc(C(C)=O)c([C@@H]3COC(C)(C)N3C(=O)OC(C)(C)C)o2)c2ccc(C(F)(F)F)nc12. The number of carbonyl (C=O) groups excluding carboxylic acids is 2. The van der Waals surface area contributed by atoms with Crippen LogP contribution in [-0.4, -0.2) is 51.8 Å². The third kappa shape index (κ3) is 5.04. The van der Waals surface area contributed by atoms with Gasteiger partial charge in [-0.15, -0.1) is 0 Å². The summed E-state index contributed by atoms with van der Waals surface area (Å²) in [7, 11) is 1.32. The van der Waals surface area contributed by atoms with Crippen molar-refractivity contribution in [1.29, 1.82) is 0 Å². The molecule has 4 rings (SSSR count). The number of ether oxygens (including phenoxy) is 3. The summed E-state index contributed by atoms with van der Waals surface area (Å²) in [5.74, 6) is -0.268. The van der Waals surface area contributed by atoms with Gasteiger partial charge in [-0.3, -0.25) is 9.69 Å². The number of ketones is 1. The fourth-order valence-corrected chi connectivity index (χ4v) is 4.28. The fourth-order valence-electron chi connectivity index (χ4n) is 4.28. The first-order valence-electron chi connectivity index (χ1n) is 11.8. The maximum atomic E-state index is 13.3. The van der Waals surface area contributed by atoms with E-state index >= 15 is 0 Å². The molecule has 12 heteroatoms. The number of methoxy groups -OCH3 is 1. The van der Waals surface area contributed by atoms with Crippen molar-refractivity contribution < 1.29 is 41.4 Å². The summed E-state index contributed by atoms with van der Waals surface area (Å²) < 4.78 is 62.7. The molecule has 38 heavy (non-hydrogen) atoms. The maximum absolute atomic E-state index is 13.3. The number of alkyl halides is 3. The van der Waals surface area contributed by atoms with Crippen LogP contribution in [0.2, 0.25) is 0 Å². The van der Waals surface area contributed by atoms with Crippen LogP contribution in [0.4, 0.5) is 18.0 Å². The molecule has 0 aliphatic carbocycles. The van der Waals surface area contributed by atoms with E-state index in [9.17, 15) is 22.8 Å². The molecule has 1 fully saturated rings. The number of halogens is 3. The predicted octanol–water partition coefficient (Wildman–Crippen LogP) is 6.16. The molecule has 1 atom stereocenters. The van der Waals surface area contributed by atoms with Crippen LogP contribution in [-0.2, 0) is 15.7 Å². The maximum Gasteiger partial charge on any atom is 0.433 e. The van der Waals surface area contributed by atoms with Crippen LogP contribution in [0.15, 0.2) is 28.7 Å². The molecule has 1 saturated heterocycles. The Balaban J connectivity index is 1.86. The van der Waals surface area contributed by atoms with E-state index < -0.39 is 41.1 Å². The Hall–Kier alpha value is -3.67. The summed E-state index contributed by atoms with van der Waals surface area (Å²) in [6.45, 7) is 9.85. The monoisotopic (exact) mass is 535 g/mol. The van der Waals surface area contributed by atoms with E-state index in [1.807, 2.05) is 0 Å². The third-order valence-corrected chi connectivity index (χ3v) is 5.93. The number of fused-ring (bicyclic) bond motifs is 1. The first kappa shape index (κ1) is 27.4. The molecule has 3 heterocycles. The van der Waals surface area contributed by atoms with Crippen LogP contribution in [0.5, 0.6) is 5.75 Å². The van der Waals surface area contributed by atoms with E-state index in [-0.39, 0.29) is 46.2 Å². The highest BCUT2D eigenvalue weighted by Crippen LogP contribution is 2.42. The largest absolute Gasteiger partial charge is 0.494 e. The number of aromatic nitrogens is 2. The fraction of sp³-hybridized carbons (Fsp3) is 0.462. The minimum atomic E-state index is -4.66. The third-order valence-electron chi connectivity index (χ3n) is 5.93. The normalized spacial score (nSPS) is 17.6. The van der Waals surface area contributed by atoms with Crippen LogP contribution < -0.4 is 4.74 Å². The summed E-state index contributed by atoms with van der Waals surface area (Å²) in [6, 6.07) is 4.24. The number of hydrogen-bond donors (Lipinski definition) is 0. The molecular weight excluding hydrogens is 507 g/mol. The number of amides is 1. The predicted molar refractivity (Wildman–Crippen MR) is 130 cm³/mol. The number of benzene rings is 1. The Morgan fingerprint density at radius 2 is 1.79 bits per heavy atom. The van der Waals surface area contributed by atoms with Gasteiger partial charge < -0.3 is 18.6 Å². The van der Waals surface area contributed by atoms with E-state index in [2.05, 4.69) is 9.97 Å². The minimum Gasteiger partial charge on any atom is -0.494 e. The molecule has 204 valence electrons. The summed E-state index contributed by atoms with van der Waals surface area (Å²) in [4.78, 5) is 35.2. The smallest absolute Gasteiger partial charge is 0.433 e. The molecule has 0 saturated carbocycles. The minimum absolute atomic E-state index is 0.00101. The molecule has 0 N–H and O–H groups in total. The summed E-state index contributed by atoms with van der Waals surface area (Å²) in [5.41, 5.74) is -2.76. The molecule has 1 aliphatic rings. The molecule has 0 unspecified atom stereocenters. The summed E-state index contributed by atoms with van der Waals surface area (Å²) in [6.07, 6.45) is -5.33. The number of oxazole rings is 1. The molecule has 0 bridgehead atoms. The van der Waals surface area contributed by atoms with Crippen molar-refractivity contribution in [2.75, 3.05) is 13.7 Å². The highest BCUT2D eigenvalue weighted by atomic mass is 19.4. The van der Waals surface area contributed by atoms with Crippen LogP contribution in [0.3, 0.4) is 0 Å². The number of hydrogen-bond acceptors (Lipinski definition) is 8. The van der Waals surface area contributed by atoms with Gasteiger partial charge in [0.05, 0.1) is 13.7 Å². The van der Waals surface area contributed by atoms with Crippen LogP contribution in [0, 0.1) is 0 Å². The van der Waals surface area contributed by atoms with Gasteiger partial charge in [0.25, 0.3) is 0 Å². The van der Waals surface area contributed by atoms with E-state index in [1.54, 1.807) is 40.7 Å². The Kier molecular flexibility index (Phi) is 6.67. The topological polar surface area (TPSA) is 104 Å². The van der Waals surface area contributed by atoms with Crippen molar-refractivity contribution in [3.63, 3.8) is 0 Å². The Morgan fingerprint density at radius 1 is 1.11 bits per heavy atom. The quantitative estimate of drug-likeness (QED) is 0.366. The molecule has 1 aromatic carbocycles.